The Bertz CT molecular complexity index is 412. The zero-order valence-corrected chi connectivity index (χ0v) is 8.41. The molecule has 2 unspecified atom stereocenters. The summed E-state index contributed by atoms with van der Waals surface area (Å²) in [6, 6.07) is 0. The first-order valence-electron chi connectivity index (χ1n) is 5.53. The predicted octanol–water partition coefficient (Wildman–Crippen LogP) is 0.442. The molecule has 82 valence electrons. The van der Waals surface area contributed by atoms with E-state index in [2.05, 4.69) is 0 Å². The summed E-state index contributed by atoms with van der Waals surface area (Å²) in [5.74, 6) is -0.731. The van der Waals surface area contributed by atoms with E-state index in [1.54, 1.807) is 12.2 Å². The fraction of sp³-hybridized carbons (Fsp3) is 0.500. The second-order valence-corrected chi connectivity index (χ2v) is 4.78. The van der Waals surface area contributed by atoms with Crippen molar-refractivity contribution in [1.29, 1.82) is 0 Å². The molecule has 0 bridgehead atoms. The Morgan fingerprint density at radius 2 is 1.25 bits per heavy atom. The van der Waals surface area contributed by atoms with Crippen LogP contribution in [0.5, 0.6) is 0 Å². The lowest BCUT2D eigenvalue weighted by molar-refractivity contribution is -0.187. The van der Waals surface area contributed by atoms with Crippen LogP contribution in [0, 0.1) is 23.7 Å². The van der Waals surface area contributed by atoms with Crippen LogP contribution in [-0.4, -0.2) is 24.1 Å². The minimum Gasteiger partial charge on any atom is -0.457 e. The second-order valence-electron chi connectivity index (χ2n) is 4.78. The Morgan fingerprint density at radius 3 is 1.75 bits per heavy atom. The Labute approximate surface area is 91.9 Å². The van der Waals surface area contributed by atoms with Crippen molar-refractivity contribution in [2.45, 2.75) is 12.2 Å². The van der Waals surface area contributed by atoms with Crippen LogP contribution >= 0.6 is 0 Å². The first-order valence-corrected chi connectivity index (χ1v) is 5.53. The van der Waals surface area contributed by atoms with Crippen LogP contribution < -0.4 is 0 Å². The highest BCUT2D eigenvalue weighted by molar-refractivity contribution is 5.84. The minimum absolute atomic E-state index is 0.0486. The number of rotatable bonds is 0. The summed E-state index contributed by atoms with van der Waals surface area (Å²) in [4.78, 5) is 23.5. The molecule has 0 N–H and O–H groups in total. The maximum Gasteiger partial charge on any atom is 0.313 e. The summed E-state index contributed by atoms with van der Waals surface area (Å²) in [7, 11) is 0. The highest BCUT2D eigenvalue weighted by Crippen LogP contribution is 2.50. The first-order chi connectivity index (χ1) is 7.75. The van der Waals surface area contributed by atoms with E-state index in [9.17, 15) is 9.59 Å². The van der Waals surface area contributed by atoms with Gasteiger partial charge in [0, 0.05) is 11.8 Å². The molecule has 6 atom stereocenters. The van der Waals surface area contributed by atoms with Crippen molar-refractivity contribution in [2.75, 3.05) is 0 Å². The molecule has 4 rings (SSSR count). The molecule has 2 aliphatic carbocycles. The van der Waals surface area contributed by atoms with Crippen LogP contribution in [0.4, 0.5) is 0 Å². The van der Waals surface area contributed by atoms with Gasteiger partial charge >= 0.3 is 11.9 Å². The number of esters is 2. The molecular formula is C12H10O4. The van der Waals surface area contributed by atoms with Gasteiger partial charge in [-0.2, -0.15) is 0 Å². The van der Waals surface area contributed by atoms with E-state index in [0.717, 1.165) is 0 Å². The van der Waals surface area contributed by atoms with Gasteiger partial charge in [0.2, 0.25) is 0 Å². The molecule has 2 fully saturated rings. The van der Waals surface area contributed by atoms with Gasteiger partial charge in [0.05, 0.1) is 11.8 Å². The monoisotopic (exact) mass is 218 g/mol. The van der Waals surface area contributed by atoms with Crippen molar-refractivity contribution >= 4 is 11.9 Å². The third-order valence-electron chi connectivity index (χ3n) is 4.10. The predicted molar refractivity (Wildman–Crippen MR) is 52.0 cm³/mol. The number of hydrogen-bond donors (Lipinski definition) is 0. The Balaban J connectivity index is 1.83. The molecule has 0 aromatic rings. The second kappa shape index (κ2) is 2.56. The Hall–Kier alpha value is -1.58. The summed E-state index contributed by atoms with van der Waals surface area (Å²) in [5.41, 5.74) is 0. The zero-order valence-electron chi connectivity index (χ0n) is 8.41. The minimum atomic E-state index is -0.249. The summed E-state index contributed by atoms with van der Waals surface area (Å²) in [6.45, 7) is 0. The molecule has 4 aliphatic rings. The van der Waals surface area contributed by atoms with Gasteiger partial charge in [-0.3, -0.25) is 9.59 Å². The van der Waals surface area contributed by atoms with Crippen molar-refractivity contribution in [3.05, 3.63) is 24.3 Å². The average Bonchev–Trinajstić information content (AvgIpc) is 2.81. The molecule has 0 amide bonds. The molecule has 0 spiro atoms. The van der Waals surface area contributed by atoms with Crippen molar-refractivity contribution in [3.8, 4) is 0 Å². The molecule has 4 nitrogen and oxygen atoms in total. The highest BCUT2D eigenvalue weighted by Gasteiger charge is 2.59. The lowest BCUT2D eigenvalue weighted by atomic mass is 9.71. The van der Waals surface area contributed by atoms with Crippen LogP contribution in [0.1, 0.15) is 0 Å². The summed E-state index contributed by atoms with van der Waals surface area (Å²) < 4.78 is 10.7. The SMILES string of the molecule is O=C1O[C@H]2C=C[C@H]3OC(=O)[C@@H]4C=C[C@H]1C4C23. The third-order valence-corrected chi connectivity index (χ3v) is 4.10. The van der Waals surface area contributed by atoms with Crippen molar-refractivity contribution in [2.24, 2.45) is 23.7 Å². The van der Waals surface area contributed by atoms with Crippen molar-refractivity contribution < 1.29 is 19.1 Å². The highest BCUT2D eigenvalue weighted by atomic mass is 16.6. The lowest BCUT2D eigenvalue weighted by Crippen LogP contribution is -2.52. The van der Waals surface area contributed by atoms with Gasteiger partial charge in [0.1, 0.15) is 12.2 Å². The van der Waals surface area contributed by atoms with Gasteiger partial charge in [-0.1, -0.05) is 12.2 Å². The fourth-order valence-electron chi connectivity index (χ4n) is 3.43. The van der Waals surface area contributed by atoms with Gasteiger partial charge < -0.3 is 9.47 Å². The summed E-state index contributed by atoms with van der Waals surface area (Å²) >= 11 is 0. The largest absolute Gasteiger partial charge is 0.457 e. The number of hydrogen-bond acceptors (Lipinski definition) is 4. The maximum absolute atomic E-state index is 11.7. The zero-order chi connectivity index (χ0) is 10.9. The van der Waals surface area contributed by atoms with Crippen LogP contribution in [0.3, 0.4) is 0 Å². The van der Waals surface area contributed by atoms with Crippen molar-refractivity contribution in [3.63, 3.8) is 0 Å². The average molecular weight is 218 g/mol. The Kier molecular flexibility index (Phi) is 1.37. The van der Waals surface area contributed by atoms with E-state index >= 15 is 0 Å². The van der Waals surface area contributed by atoms with E-state index in [0.29, 0.717) is 0 Å². The molecular weight excluding hydrogens is 208 g/mol. The van der Waals surface area contributed by atoms with Gasteiger partial charge in [-0.25, -0.2) is 0 Å². The van der Waals surface area contributed by atoms with E-state index in [1.165, 1.54) is 0 Å². The molecule has 4 heteroatoms. The van der Waals surface area contributed by atoms with Gasteiger partial charge in [-0.05, 0) is 12.2 Å². The molecule has 16 heavy (non-hydrogen) atoms. The van der Waals surface area contributed by atoms with Crippen LogP contribution in [-0.2, 0) is 19.1 Å². The van der Waals surface area contributed by atoms with Crippen LogP contribution in [0.2, 0.25) is 0 Å². The topological polar surface area (TPSA) is 52.6 Å². The normalized spacial score (nSPS) is 51.2. The van der Waals surface area contributed by atoms with Crippen LogP contribution in [0.15, 0.2) is 24.3 Å². The summed E-state index contributed by atoms with van der Waals surface area (Å²) in [6.07, 6.45) is 6.89. The van der Waals surface area contributed by atoms with Gasteiger partial charge in [0.25, 0.3) is 0 Å². The first kappa shape index (κ1) is 8.56. The van der Waals surface area contributed by atoms with Crippen LogP contribution in [0.25, 0.3) is 0 Å². The van der Waals surface area contributed by atoms with E-state index in [-0.39, 0.29) is 47.8 Å². The number of ether oxygens (including phenoxy) is 2. The van der Waals surface area contributed by atoms with E-state index in [4.69, 9.17) is 9.47 Å². The molecule has 2 aliphatic heterocycles. The molecule has 0 saturated carbocycles. The standard InChI is InChI=1S/C12H10O4/c13-11-5-1-2-6-9(5)10-7(15-11)3-4-8(10)16-12(6)14/h1-10H/t5-,6+,7-,8+,9?,10?. The third kappa shape index (κ3) is 0.821. The lowest BCUT2D eigenvalue weighted by Gasteiger charge is -2.42. The Morgan fingerprint density at radius 1 is 0.750 bits per heavy atom. The molecule has 0 aromatic carbocycles. The molecule has 2 saturated heterocycles. The number of carbonyl (C=O) groups excluding carboxylic acids is 2. The molecule has 2 heterocycles. The van der Waals surface area contributed by atoms with Gasteiger partial charge in [-0.15, -0.1) is 0 Å². The molecule has 0 aromatic heterocycles. The van der Waals surface area contributed by atoms with E-state index in [1.807, 2.05) is 12.2 Å². The van der Waals surface area contributed by atoms with Gasteiger partial charge in [0.15, 0.2) is 0 Å². The summed E-state index contributed by atoms with van der Waals surface area (Å²) in [5, 5.41) is 0. The number of carbonyl (C=O) groups is 2. The smallest absolute Gasteiger partial charge is 0.313 e. The maximum atomic E-state index is 11.7. The fourth-order valence-corrected chi connectivity index (χ4v) is 3.43. The quantitative estimate of drug-likeness (QED) is 0.437. The van der Waals surface area contributed by atoms with E-state index < -0.39 is 0 Å². The van der Waals surface area contributed by atoms with Crippen molar-refractivity contribution in [1.82, 2.24) is 0 Å². The molecule has 0 radical (unpaired) electrons.